The first-order valence-electron chi connectivity index (χ1n) is 6.44. The second-order valence-corrected chi connectivity index (χ2v) is 7.15. The highest BCUT2D eigenvalue weighted by Gasteiger charge is 2.60. The summed E-state index contributed by atoms with van der Waals surface area (Å²) in [6.07, 6.45) is 0.189. The Hall–Kier alpha value is -1.65. The summed E-state index contributed by atoms with van der Waals surface area (Å²) in [6.45, 7) is 0.563. The highest BCUT2D eigenvalue weighted by molar-refractivity contribution is 7.88. The predicted molar refractivity (Wildman–Crippen MR) is 69.5 cm³/mol. The number of carbonyl (C=O) groups excluding carboxylic acids is 1. The van der Waals surface area contributed by atoms with Crippen molar-refractivity contribution in [2.24, 2.45) is 5.92 Å². The standard InChI is InChI=1S/C11H15N3O6S/c1-21(18,19)13-4-6-5-2-3-12-7-8(5)14(9(7)15)10(6)20-11(16)17/h5,7-8,12-13H,2-4H2,1H3,(H,16,17)/t5?,7-,8+/m0/s1. The zero-order valence-electron chi connectivity index (χ0n) is 11.2. The highest BCUT2D eigenvalue weighted by Crippen LogP contribution is 2.46. The van der Waals surface area contributed by atoms with E-state index in [0.717, 1.165) is 6.26 Å². The molecule has 0 aliphatic carbocycles. The van der Waals surface area contributed by atoms with E-state index in [0.29, 0.717) is 18.5 Å². The fourth-order valence-corrected chi connectivity index (χ4v) is 3.66. The van der Waals surface area contributed by atoms with Gasteiger partial charge < -0.3 is 15.2 Å². The highest BCUT2D eigenvalue weighted by atomic mass is 32.2. The van der Waals surface area contributed by atoms with Crippen molar-refractivity contribution in [1.29, 1.82) is 0 Å². The topological polar surface area (TPSA) is 125 Å². The smallest absolute Gasteiger partial charge is 0.449 e. The number of hydrogen-bond acceptors (Lipinski definition) is 6. The van der Waals surface area contributed by atoms with E-state index in [4.69, 9.17) is 9.84 Å². The van der Waals surface area contributed by atoms with Gasteiger partial charge >= 0.3 is 6.16 Å². The summed E-state index contributed by atoms with van der Waals surface area (Å²) in [6, 6.07) is -0.524. The number of sulfonamides is 1. The summed E-state index contributed by atoms with van der Waals surface area (Å²) in [5.74, 6) is -0.369. The molecular formula is C11H15N3O6S. The quantitative estimate of drug-likeness (QED) is 0.432. The maximum Gasteiger partial charge on any atom is 0.512 e. The Morgan fingerprint density at radius 1 is 1.57 bits per heavy atom. The van der Waals surface area contributed by atoms with Crippen LogP contribution in [-0.2, 0) is 19.6 Å². The van der Waals surface area contributed by atoms with Crippen molar-refractivity contribution in [3.8, 4) is 0 Å². The van der Waals surface area contributed by atoms with E-state index in [1.807, 2.05) is 0 Å². The van der Waals surface area contributed by atoms with Crippen LogP contribution in [0.2, 0.25) is 0 Å². The van der Waals surface area contributed by atoms with E-state index in [-0.39, 0.29) is 36.3 Å². The SMILES string of the molecule is CS(=O)(=O)NCC1=C(OC(=O)O)N2C(=O)[C@H]3NCCC1[C@H]32. The average Bonchev–Trinajstić information content (AvgIpc) is 2.66. The Bertz CT molecular complexity index is 642. The zero-order chi connectivity index (χ0) is 15.4. The molecule has 0 aromatic heterocycles. The van der Waals surface area contributed by atoms with Crippen LogP contribution >= 0.6 is 0 Å². The molecule has 10 heteroatoms. The minimum atomic E-state index is -3.42. The first kappa shape index (κ1) is 14.3. The third-order valence-electron chi connectivity index (χ3n) is 4.02. The number of piperidine rings is 1. The summed E-state index contributed by atoms with van der Waals surface area (Å²) in [5, 5.41) is 11.9. The Balaban J connectivity index is 1.92. The minimum Gasteiger partial charge on any atom is -0.449 e. The second-order valence-electron chi connectivity index (χ2n) is 5.32. The summed E-state index contributed by atoms with van der Waals surface area (Å²) in [7, 11) is -3.42. The number of rotatable bonds is 4. The Morgan fingerprint density at radius 3 is 2.90 bits per heavy atom. The van der Waals surface area contributed by atoms with E-state index in [2.05, 4.69) is 10.0 Å². The molecule has 0 radical (unpaired) electrons. The molecule has 0 aromatic carbocycles. The lowest BCUT2D eigenvalue weighted by molar-refractivity contribution is -0.152. The molecule has 0 bridgehead atoms. The zero-order valence-corrected chi connectivity index (χ0v) is 12.0. The van der Waals surface area contributed by atoms with Crippen LogP contribution in [-0.4, -0.2) is 61.9 Å². The van der Waals surface area contributed by atoms with Gasteiger partial charge in [0, 0.05) is 18.0 Å². The molecule has 3 N–H and O–H groups in total. The molecular weight excluding hydrogens is 302 g/mol. The molecule has 2 fully saturated rings. The Kier molecular flexibility index (Phi) is 3.19. The molecule has 1 unspecified atom stereocenters. The lowest BCUT2D eigenvalue weighted by Crippen LogP contribution is -2.71. The Morgan fingerprint density at radius 2 is 2.29 bits per heavy atom. The molecule has 3 atom stereocenters. The van der Waals surface area contributed by atoms with Gasteiger partial charge in [0.25, 0.3) is 0 Å². The normalized spacial score (nSPS) is 31.0. The van der Waals surface area contributed by atoms with Crippen LogP contribution in [0.3, 0.4) is 0 Å². The van der Waals surface area contributed by atoms with Gasteiger partial charge in [-0.15, -0.1) is 0 Å². The molecule has 116 valence electrons. The number of nitrogens with one attached hydrogen (secondary N) is 2. The van der Waals surface area contributed by atoms with Gasteiger partial charge in [0.1, 0.15) is 6.04 Å². The molecule has 21 heavy (non-hydrogen) atoms. The van der Waals surface area contributed by atoms with Gasteiger partial charge in [-0.2, -0.15) is 0 Å². The first-order valence-corrected chi connectivity index (χ1v) is 8.33. The largest absolute Gasteiger partial charge is 0.512 e. The van der Waals surface area contributed by atoms with Gasteiger partial charge in [-0.3, -0.25) is 9.69 Å². The Labute approximate surface area is 121 Å². The van der Waals surface area contributed by atoms with Crippen molar-refractivity contribution in [2.45, 2.75) is 18.5 Å². The van der Waals surface area contributed by atoms with Crippen LogP contribution in [0.15, 0.2) is 11.5 Å². The molecule has 1 amide bonds. The van der Waals surface area contributed by atoms with E-state index < -0.39 is 16.2 Å². The summed E-state index contributed by atoms with van der Waals surface area (Å²) in [5.41, 5.74) is 0.519. The fraction of sp³-hybridized carbons (Fsp3) is 0.636. The second kappa shape index (κ2) is 4.68. The van der Waals surface area contributed by atoms with Crippen molar-refractivity contribution in [3.05, 3.63) is 11.5 Å². The monoisotopic (exact) mass is 317 g/mol. The third-order valence-corrected chi connectivity index (χ3v) is 4.69. The minimum absolute atomic E-state index is 0.0430. The van der Waals surface area contributed by atoms with Gasteiger partial charge in [-0.25, -0.2) is 17.9 Å². The summed E-state index contributed by atoms with van der Waals surface area (Å²) in [4.78, 5) is 24.2. The van der Waals surface area contributed by atoms with Gasteiger partial charge in [-0.05, 0) is 13.0 Å². The molecule has 0 aromatic rings. The number of carbonyl (C=O) groups is 2. The number of hydrogen-bond donors (Lipinski definition) is 3. The van der Waals surface area contributed by atoms with Crippen molar-refractivity contribution >= 4 is 22.1 Å². The molecule has 3 rings (SSSR count). The van der Waals surface area contributed by atoms with Crippen molar-refractivity contribution in [3.63, 3.8) is 0 Å². The number of nitrogens with zero attached hydrogens (tertiary/aromatic N) is 1. The number of carboxylic acid groups (broad SMARTS) is 1. The number of ether oxygens (including phenoxy) is 1. The molecule has 2 saturated heterocycles. The van der Waals surface area contributed by atoms with Gasteiger partial charge in [0.05, 0.1) is 12.3 Å². The van der Waals surface area contributed by atoms with Crippen LogP contribution < -0.4 is 10.0 Å². The van der Waals surface area contributed by atoms with E-state index in [1.54, 1.807) is 0 Å². The molecule has 3 aliphatic heterocycles. The first-order chi connectivity index (χ1) is 9.79. The van der Waals surface area contributed by atoms with Gasteiger partial charge in [-0.1, -0.05) is 0 Å². The fourth-order valence-electron chi connectivity index (χ4n) is 3.24. The van der Waals surface area contributed by atoms with Crippen molar-refractivity contribution in [2.75, 3.05) is 19.3 Å². The van der Waals surface area contributed by atoms with Gasteiger partial charge in [0.15, 0.2) is 0 Å². The lowest BCUT2D eigenvalue weighted by Gasteiger charge is -2.48. The van der Waals surface area contributed by atoms with Gasteiger partial charge in [0.2, 0.25) is 21.8 Å². The van der Waals surface area contributed by atoms with Crippen LogP contribution in [0.4, 0.5) is 4.79 Å². The van der Waals surface area contributed by atoms with Crippen LogP contribution in [0.1, 0.15) is 6.42 Å². The van der Waals surface area contributed by atoms with Crippen LogP contribution in [0.25, 0.3) is 0 Å². The summed E-state index contributed by atoms with van der Waals surface area (Å²) < 4.78 is 29.6. The molecule has 0 saturated carbocycles. The maximum atomic E-state index is 12.0. The van der Waals surface area contributed by atoms with E-state index >= 15 is 0 Å². The predicted octanol–water partition coefficient (Wildman–Crippen LogP) is -1.36. The third kappa shape index (κ3) is 2.28. The number of amides is 1. The molecule has 0 spiro atoms. The molecule has 9 nitrogen and oxygen atoms in total. The van der Waals surface area contributed by atoms with Crippen LogP contribution in [0.5, 0.6) is 0 Å². The maximum absolute atomic E-state index is 12.0. The van der Waals surface area contributed by atoms with E-state index in [9.17, 15) is 18.0 Å². The van der Waals surface area contributed by atoms with Crippen LogP contribution in [0, 0.1) is 5.92 Å². The van der Waals surface area contributed by atoms with Crippen molar-refractivity contribution in [1.82, 2.24) is 14.9 Å². The lowest BCUT2D eigenvalue weighted by atomic mass is 9.79. The number of β-lactam (4-membered cyclic amide) rings is 1. The molecule has 3 heterocycles. The van der Waals surface area contributed by atoms with Crippen molar-refractivity contribution < 1.29 is 27.9 Å². The molecule has 3 aliphatic rings. The van der Waals surface area contributed by atoms with E-state index in [1.165, 1.54) is 4.90 Å². The average molecular weight is 317 g/mol. The summed E-state index contributed by atoms with van der Waals surface area (Å²) >= 11 is 0.